The Morgan fingerprint density at radius 3 is 2.50 bits per heavy atom. The van der Waals surface area contributed by atoms with Crippen molar-refractivity contribution in [3.05, 3.63) is 53.9 Å². The second kappa shape index (κ2) is 8.64. The summed E-state index contributed by atoms with van der Waals surface area (Å²) in [6.07, 6.45) is 3.63. The Kier molecular flexibility index (Phi) is 6.55. The smallest absolute Gasteiger partial charge is 0.251 e. The van der Waals surface area contributed by atoms with E-state index >= 15 is 0 Å². The van der Waals surface area contributed by atoms with Crippen molar-refractivity contribution in [3.63, 3.8) is 0 Å². The Hall–Kier alpha value is -2.14. The van der Waals surface area contributed by atoms with Crippen LogP contribution in [0.4, 0.5) is 0 Å². The molecule has 0 saturated heterocycles. The molecule has 0 aliphatic carbocycles. The van der Waals surface area contributed by atoms with Crippen molar-refractivity contribution in [3.8, 4) is 0 Å². The quantitative estimate of drug-likeness (QED) is 0.810. The van der Waals surface area contributed by atoms with E-state index in [1.807, 2.05) is 48.1 Å². The topological polar surface area (TPSA) is 50.2 Å². The molecule has 1 atom stereocenters. The van der Waals surface area contributed by atoms with Crippen LogP contribution in [0.3, 0.4) is 0 Å². The van der Waals surface area contributed by atoms with Gasteiger partial charge in [0.15, 0.2) is 0 Å². The number of nitrogens with zero attached hydrogens (tertiary/aromatic N) is 3. The molecule has 0 aliphatic heterocycles. The number of carbonyl (C=O) groups is 1. The molecule has 0 saturated carbocycles. The van der Waals surface area contributed by atoms with Gasteiger partial charge in [-0.2, -0.15) is 5.10 Å². The summed E-state index contributed by atoms with van der Waals surface area (Å²) in [5.74, 6) is -0.0441. The van der Waals surface area contributed by atoms with Crippen LogP contribution in [0.1, 0.15) is 43.6 Å². The maximum atomic E-state index is 12.3. The molecule has 130 valence electrons. The highest BCUT2D eigenvalue weighted by Gasteiger charge is 2.12. The standard InChI is InChI=1S/C19H28N4O/c1-5-22(15(2)3)14-17-7-9-18(10-8-17)19(24)21-16(4)13-23-12-6-11-20-23/h6-12,15-16H,5,13-14H2,1-4H3,(H,21,24). The first-order valence-corrected chi connectivity index (χ1v) is 8.61. The normalized spacial score (nSPS) is 12.6. The van der Waals surface area contributed by atoms with Crippen LogP contribution in [-0.2, 0) is 13.1 Å². The van der Waals surface area contributed by atoms with Gasteiger partial charge in [-0.1, -0.05) is 19.1 Å². The average Bonchev–Trinajstić information content (AvgIpc) is 3.05. The third kappa shape index (κ3) is 5.20. The zero-order valence-corrected chi connectivity index (χ0v) is 15.1. The van der Waals surface area contributed by atoms with Crippen molar-refractivity contribution < 1.29 is 4.79 Å². The first kappa shape index (κ1) is 18.2. The van der Waals surface area contributed by atoms with Crippen LogP contribution >= 0.6 is 0 Å². The van der Waals surface area contributed by atoms with Crippen LogP contribution in [0.25, 0.3) is 0 Å². The Morgan fingerprint density at radius 2 is 1.96 bits per heavy atom. The Labute approximate surface area is 144 Å². The zero-order chi connectivity index (χ0) is 17.5. The lowest BCUT2D eigenvalue weighted by Crippen LogP contribution is -2.35. The molecular weight excluding hydrogens is 300 g/mol. The van der Waals surface area contributed by atoms with E-state index < -0.39 is 0 Å². The Balaban J connectivity index is 1.90. The van der Waals surface area contributed by atoms with E-state index in [-0.39, 0.29) is 11.9 Å². The molecule has 5 heteroatoms. The SMILES string of the molecule is CCN(Cc1ccc(C(=O)NC(C)Cn2cccn2)cc1)C(C)C. The van der Waals surface area contributed by atoms with Crippen LogP contribution < -0.4 is 5.32 Å². The van der Waals surface area contributed by atoms with Crippen molar-refractivity contribution in [1.29, 1.82) is 0 Å². The summed E-state index contributed by atoms with van der Waals surface area (Å²) in [5, 5.41) is 7.17. The second-order valence-electron chi connectivity index (χ2n) is 6.46. The van der Waals surface area contributed by atoms with Gasteiger partial charge >= 0.3 is 0 Å². The number of rotatable bonds is 8. The molecule has 1 N–H and O–H groups in total. The van der Waals surface area contributed by atoms with Crippen LogP contribution in [-0.4, -0.2) is 39.2 Å². The monoisotopic (exact) mass is 328 g/mol. The molecule has 2 rings (SSSR count). The van der Waals surface area contributed by atoms with Crippen molar-refractivity contribution in [2.24, 2.45) is 0 Å². The lowest BCUT2D eigenvalue weighted by Gasteiger charge is -2.24. The molecule has 1 amide bonds. The van der Waals surface area contributed by atoms with Gasteiger partial charge in [0, 0.05) is 36.6 Å². The number of carbonyl (C=O) groups excluding carboxylic acids is 1. The largest absolute Gasteiger partial charge is 0.348 e. The molecule has 1 unspecified atom stereocenters. The number of hydrogen-bond acceptors (Lipinski definition) is 3. The molecule has 0 bridgehead atoms. The van der Waals surface area contributed by atoms with Crippen molar-refractivity contribution in [2.45, 2.75) is 52.9 Å². The average molecular weight is 328 g/mol. The van der Waals surface area contributed by atoms with Crippen LogP contribution in [0, 0.1) is 0 Å². The molecule has 0 aliphatic rings. The zero-order valence-electron chi connectivity index (χ0n) is 15.1. The molecule has 0 spiro atoms. The summed E-state index contributed by atoms with van der Waals surface area (Å²) < 4.78 is 1.82. The predicted octanol–water partition coefficient (Wildman–Crippen LogP) is 2.93. The van der Waals surface area contributed by atoms with E-state index in [4.69, 9.17) is 0 Å². The highest BCUT2D eigenvalue weighted by molar-refractivity contribution is 5.94. The van der Waals surface area contributed by atoms with Gasteiger partial charge in [-0.15, -0.1) is 0 Å². The summed E-state index contributed by atoms with van der Waals surface area (Å²) in [7, 11) is 0. The Bertz CT molecular complexity index is 619. The van der Waals surface area contributed by atoms with Gasteiger partial charge < -0.3 is 5.32 Å². The molecular formula is C19H28N4O. The fourth-order valence-electron chi connectivity index (χ4n) is 2.70. The molecule has 1 heterocycles. The van der Waals surface area contributed by atoms with Gasteiger partial charge in [0.1, 0.15) is 0 Å². The lowest BCUT2D eigenvalue weighted by molar-refractivity contribution is 0.0936. The molecule has 0 fully saturated rings. The minimum absolute atomic E-state index is 0.0219. The molecule has 24 heavy (non-hydrogen) atoms. The van der Waals surface area contributed by atoms with Gasteiger partial charge in [-0.3, -0.25) is 14.4 Å². The number of hydrogen-bond donors (Lipinski definition) is 1. The third-order valence-corrected chi connectivity index (χ3v) is 4.14. The fraction of sp³-hybridized carbons (Fsp3) is 0.474. The van der Waals surface area contributed by atoms with Gasteiger partial charge in [0.2, 0.25) is 0 Å². The van der Waals surface area contributed by atoms with Crippen LogP contribution in [0.2, 0.25) is 0 Å². The van der Waals surface area contributed by atoms with Crippen molar-refractivity contribution in [1.82, 2.24) is 20.0 Å². The molecule has 0 radical (unpaired) electrons. The molecule has 1 aromatic heterocycles. The van der Waals surface area contributed by atoms with Crippen molar-refractivity contribution in [2.75, 3.05) is 6.54 Å². The van der Waals surface area contributed by atoms with E-state index in [1.165, 1.54) is 5.56 Å². The van der Waals surface area contributed by atoms with E-state index in [2.05, 4.69) is 36.1 Å². The highest BCUT2D eigenvalue weighted by Crippen LogP contribution is 2.10. The summed E-state index contributed by atoms with van der Waals surface area (Å²) in [6.45, 7) is 11.1. The highest BCUT2D eigenvalue weighted by atomic mass is 16.1. The minimum atomic E-state index is -0.0441. The Morgan fingerprint density at radius 1 is 1.25 bits per heavy atom. The maximum absolute atomic E-state index is 12.3. The summed E-state index contributed by atoms with van der Waals surface area (Å²) in [6, 6.07) is 10.3. The van der Waals surface area contributed by atoms with Gasteiger partial charge in [0.25, 0.3) is 5.91 Å². The lowest BCUT2D eigenvalue weighted by atomic mass is 10.1. The van der Waals surface area contributed by atoms with Crippen LogP contribution in [0.15, 0.2) is 42.7 Å². The first-order chi connectivity index (χ1) is 11.5. The first-order valence-electron chi connectivity index (χ1n) is 8.61. The van der Waals surface area contributed by atoms with Gasteiger partial charge in [-0.25, -0.2) is 0 Å². The second-order valence-corrected chi connectivity index (χ2v) is 6.46. The molecule has 2 aromatic rings. The van der Waals surface area contributed by atoms with Crippen molar-refractivity contribution >= 4 is 5.91 Å². The summed E-state index contributed by atoms with van der Waals surface area (Å²) >= 11 is 0. The van der Waals surface area contributed by atoms with E-state index in [0.717, 1.165) is 13.1 Å². The van der Waals surface area contributed by atoms with Gasteiger partial charge in [0.05, 0.1) is 6.54 Å². The molecule has 1 aromatic carbocycles. The predicted molar refractivity (Wildman–Crippen MR) is 96.8 cm³/mol. The number of benzene rings is 1. The third-order valence-electron chi connectivity index (χ3n) is 4.14. The minimum Gasteiger partial charge on any atom is -0.348 e. The van der Waals surface area contributed by atoms with E-state index in [0.29, 0.717) is 18.2 Å². The van der Waals surface area contributed by atoms with E-state index in [1.54, 1.807) is 6.20 Å². The van der Waals surface area contributed by atoms with Gasteiger partial charge in [-0.05, 0) is 51.1 Å². The van der Waals surface area contributed by atoms with E-state index in [9.17, 15) is 4.79 Å². The summed E-state index contributed by atoms with van der Waals surface area (Å²) in [5.41, 5.74) is 1.92. The summed E-state index contributed by atoms with van der Waals surface area (Å²) in [4.78, 5) is 14.7. The fourth-order valence-corrected chi connectivity index (χ4v) is 2.70. The molecule has 5 nitrogen and oxygen atoms in total. The number of amides is 1. The maximum Gasteiger partial charge on any atom is 0.251 e. The number of nitrogens with one attached hydrogen (secondary N) is 1. The van der Waals surface area contributed by atoms with Crippen LogP contribution in [0.5, 0.6) is 0 Å². The number of aromatic nitrogens is 2.